The van der Waals surface area contributed by atoms with Crippen molar-refractivity contribution in [2.75, 3.05) is 25.4 Å². The predicted octanol–water partition coefficient (Wildman–Crippen LogP) is 0.347. The molecule has 1 atom stereocenters. The maximum atomic E-state index is 12.1. The van der Waals surface area contributed by atoms with Crippen LogP contribution in [-0.4, -0.2) is 51.8 Å². The normalized spacial score (nSPS) is 19.6. The molecule has 1 aromatic rings. The number of nitrogen functional groups attached to an aromatic ring is 1. The van der Waals surface area contributed by atoms with Gasteiger partial charge in [0.1, 0.15) is 5.82 Å². The lowest BCUT2D eigenvalue weighted by Crippen LogP contribution is -2.44. The van der Waals surface area contributed by atoms with E-state index < -0.39 is 0 Å². The van der Waals surface area contributed by atoms with Gasteiger partial charge in [-0.15, -0.1) is 5.10 Å². The summed E-state index contributed by atoms with van der Waals surface area (Å²) in [6.45, 7) is 4.29. The Kier molecular flexibility index (Phi) is 4.73. The third-order valence-electron chi connectivity index (χ3n) is 3.16. The van der Waals surface area contributed by atoms with Crippen LogP contribution in [0, 0.1) is 0 Å². The fraction of sp³-hybridized carbons (Fsp3) is 0.750. The first-order valence-corrected chi connectivity index (χ1v) is 6.75. The van der Waals surface area contributed by atoms with Gasteiger partial charge in [-0.2, -0.15) is 4.98 Å². The third kappa shape index (κ3) is 3.92. The summed E-state index contributed by atoms with van der Waals surface area (Å²) in [5.74, 6) is 0.727. The van der Waals surface area contributed by atoms with Crippen LogP contribution in [0.1, 0.15) is 32.0 Å². The van der Waals surface area contributed by atoms with E-state index in [4.69, 9.17) is 10.5 Å². The van der Waals surface area contributed by atoms with Gasteiger partial charge in [-0.25, -0.2) is 0 Å². The average molecular weight is 267 g/mol. The molecule has 1 aliphatic heterocycles. The number of rotatable bonds is 5. The van der Waals surface area contributed by atoms with Gasteiger partial charge in [-0.3, -0.25) is 9.89 Å². The molecule has 19 heavy (non-hydrogen) atoms. The van der Waals surface area contributed by atoms with Gasteiger partial charge < -0.3 is 15.4 Å². The molecule has 2 rings (SSSR count). The van der Waals surface area contributed by atoms with Gasteiger partial charge in [0.05, 0.1) is 12.5 Å². The smallest absolute Gasteiger partial charge is 0.239 e. The molecule has 0 spiro atoms. The Balaban J connectivity index is 1.84. The van der Waals surface area contributed by atoms with E-state index in [9.17, 15) is 4.79 Å². The first-order chi connectivity index (χ1) is 9.19. The number of carbonyl (C=O) groups excluding carboxylic acids is 1. The Morgan fingerprint density at radius 3 is 3.16 bits per heavy atom. The Morgan fingerprint density at radius 2 is 2.47 bits per heavy atom. The molecule has 2 heterocycles. The van der Waals surface area contributed by atoms with Crippen LogP contribution in [-0.2, 0) is 16.0 Å². The van der Waals surface area contributed by atoms with Crippen LogP contribution in [0.15, 0.2) is 0 Å². The second-order valence-electron chi connectivity index (χ2n) is 4.79. The van der Waals surface area contributed by atoms with Gasteiger partial charge in [-0.05, 0) is 19.3 Å². The largest absolute Gasteiger partial charge is 0.376 e. The van der Waals surface area contributed by atoms with Crippen LogP contribution in [0.2, 0.25) is 0 Å². The highest BCUT2D eigenvalue weighted by molar-refractivity contribution is 5.78. The Morgan fingerprint density at radius 1 is 1.63 bits per heavy atom. The van der Waals surface area contributed by atoms with Crippen molar-refractivity contribution >= 4 is 11.9 Å². The SMILES string of the molecule is CCCOC1CCCN(C(=O)Cc2nc(N)n[nH]2)C1. The standard InChI is InChI=1S/C12H21N5O2/c1-2-6-19-9-4-3-5-17(8-9)11(18)7-10-14-12(13)16-15-10/h9H,2-8H2,1H3,(H3,13,14,15,16). The van der Waals surface area contributed by atoms with E-state index >= 15 is 0 Å². The van der Waals surface area contributed by atoms with Crippen LogP contribution < -0.4 is 5.73 Å². The van der Waals surface area contributed by atoms with Gasteiger partial charge in [0.15, 0.2) is 0 Å². The lowest BCUT2D eigenvalue weighted by Gasteiger charge is -2.32. The maximum absolute atomic E-state index is 12.1. The second-order valence-corrected chi connectivity index (χ2v) is 4.79. The fourth-order valence-electron chi connectivity index (χ4n) is 2.23. The molecule has 106 valence electrons. The number of anilines is 1. The molecule has 7 heteroatoms. The van der Waals surface area contributed by atoms with Crippen molar-refractivity contribution in [1.82, 2.24) is 20.1 Å². The van der Waals surface area contributed by atoms with Crippen molar-refractivity contribution in [2.45, 2.75) is 38.7 Å². The molecule has 1 aliphatic rings. The van der Waals surface area contributed by atoms with Crippen LogP contribution in [0.25, 0.3) is 0 Å². The van der Waals surface area contributed by atoms with E-state index in [-0.39, 0.29) is 24.4 Å². The quantitative estimate of drug-likeness (QED) is 0.802. The molecular formula is C12H21N5O2. The Bertz CT molecular complexity index is 420. The van der Waals surface area contributed by atoms with Crippen molar-refractivity contribution in [3.05, 3.63) is 5.82 Å². The first-order valence-electron chi connectivity index (χ1n) is 6.75. The van der Waals surface area contributed by atoms with E-state index in [1.807, 2.05) is 4.90 Å². The number of ether oxygens (including phenoxy) is 1. The number of likely N-dealkylation sites (tertiary alicyclic amines) is 1. The number of aromatic nitrogens is 3. The fourth-order valence-corrected chi connectivity index (χ4v) is 2.23. The summed E-state index contributed by atoms with van der Waals surface area (Å²) >= 11 is 0. The van der Waals surface area contributed by atoms with E-state index in [0.717, 1.165) is 32.4 Å². The van der Waals surface area contributed by atoms with Crippen molar-refractivity contribution in [2.24, 2.45) is 0 Å². The third-order valence-corrected chi connectivity index (χ3v) is 3.16. The number of amides is 1. The topological polar surface area (TPSA) is 97.1 Å². The number of hydrogen-bond donors (Lipinski definition) is 2. The average Bonchev–Trinajstić information content (AvgIpc) is 2.82. The highest BCUT2D eigenvalue weighted by Crippen LogP contribution is 2.14. The molecule has 7 nitrogen and oxygen atoms in total. The molecule has 1 aromatic heterocycles. The maximum Gasteiger partial charge on any atom is 0.239 e. The summed E-state index contributed by atoms with van der Waals surface area (Å²) < 4.78 is 5.72. The highest BCUT2D eigenvalue weighted by Gasteiger charge is 2.24. The number of hydrogen-bond acceptors (Lipinski definition) is 5. The van der Waals surface area contributed by atoms with Crippen LogP contribution >= 0.6 is 0 Å². The molecule has 0 bridgehead atoms. The van der Waals surface area contributed by atoms with Crippen LogP contribution in [0.3, 0.4) is 0 Å². The first kappa shape index (κ1) is 13.8. The molecule has 0 radical (unpaired) electrons. The number of piperidine rings is 1. The Hall–Kier alpha value is -1.63. The minimum absolute atomic E-state index is 0.0425. The van der Waals surface area contributed by atoms with E-state index in [1.54, 1.807) is 0 Å². The lowest BCUT2D eigenvalue weighted by atomic mass is 10.1. The van der Waals surface area contributed by atoms with Crippen molar-refractivity contribution in [3.8, 4) is 0 Å². The van der Waals surface area contributed by atoms with Crippen LogP contribution in [0.5, 0.6) is 0 Å². The van der Waals surface area contributed by atoms with Crippen molar-refractivity contribution in [3.63, 3.8) is 0 Å². The summed E-state index contributed by atoms with van der Waals surface area (Å²) in [6.07, 6.45) is 3.39. The minimum Gasteiger partial charge on any atom is -0.376 e. The Labute approximate surface area is 112 Å². The zero-order valence-electron chi connectivity index (χ0n) is 11.3. The van der Waals surface area contributed by atoms with Gasteiger partial charge >= 0.3 is 0 Å². The summed E-state index contributed by atoms with van der Waals surface area (Å²) in [7, 11) is 0. The molecule has 0 aliphatic carbocycles. The van der Waals surface area contributed by atoms with E-state index in [2.05, 4.69) is 22.1 Å². The van der Waals surface area contributed by atoms with E-state index in [0.29, 0.717) is 12.4 Å². The van der Waals surface area contributed by atoms with Gasteiger partial charge in [0.2, 0.25) is 11.9 Å². The summed E-state index contributed by atoms with van der Waals surface area (Å²) in [4.78, 5) is 17.9. The van der Waals surface area contributed by atoms with Crippen molar-refractivity contribution < 1.29 is 9.53 Å². The monoisotopic (exact) mass is 267 g/mol. The summed E-state index contributed by atoms with van der Waals surface area (Å²) in [6, 6.07) is 0. The van der Waals surface area contributed by atoms with E-state index in [1.165, 1.54) is 0 Å². The van der Waals surface area contributed by atoms with Crippen LogP contribution in [0.4, 0.5) is 5.95 Å². The minimum atomic E-state index is 0.0425. The van der Waals surface area contributed by atoms with Gasteiger partial charge in [0, 0.05) is 19.7 Å². The number of nitrogens with one attached hydrogen (secondary N) is 1. The molecule has 1 amide bonds. The van der Waals surface area contributed by atoms with Gasteiger partial charge in [0.25, 0.3) is 0 Å². The van der Waals surface area contributed by atoms with Gasteiger partial charge in [-0.1, -0.05) is 6.92 Å². The second kappa shape index (κ2) is 6.51. The molecule has 1 fully saturated rings. The molecule has 1 saturated heterocycles. The molecule has 0 aromatic carbocycles. The predicted molar refractivity (Wildman–Crippen MR) is 70.3 cm³/mol. The number of aromatic amines is 1. The zero-order chi connectivity index (χ0) is 13.7. The highest BCUT2D eigenvalue weighted by atomic mass is 16.5. The number of nitrogens with zero attached hydrogens (tertiary/aromatic N) is 3. The molecule has 3 N–H and O–H groups in total. The summed E-state index contributed by atoms with van der Waals surface area (Å²) in [5, 5.41) is 6.37. The molecular weight excluding hydrogens is 246 g/mol. The summed E-state index contributed by atoms with van der Waals surface area (Å²) in [5.41, 5.74) is 5.41. The number of nitrogens with two attached hydrogens (primary N) is 1. The zero-order valence-corrected chi connectivity index (χ0v) is 11.3. The molecule has 1 unspecified atom stereocenters. The number of H-pyrrole nitrogens is 1. The molecule has 0 saturated carbocycles. The number of carbonyl (C=O) groups is 1. The van der Waals surface area contributed by atoms with Crippen molar-refractivity contribution in [1.29, 1.82) is 0 Å². The lowest BCUT2D eigenvalue weighted by molar-refractivity contribution is -0.134.